The number of benzene rings is 1. The predicted molar refractivity (Wildman–Crippen MR) is 124 cm³/mol. The van der Waals surface area contributed by atoms with E-state index in [0.29, 0.717) is 25.5 Å². The molecule has 1 rings (SSSR count). The van der Waals surface area contributed by atoms with Gasteiger partial charge in [0.25, 0.3) is 0 Å². The highest BCUT2D eigenvalue weighted by Crippen LogP contribution is 2.19. The standard InChI is InChI=1S/C19H33N3O3S.HI/c1-15-8-7-9-17(12-15)25-16(2)13-21-18(20-5)22-14-19(3,4)10-11-26(6,23)24;/h7-9,12,16H,10-11,13-14H2,1-6H3,(H2,20,21,22);1H. The number of ether oxygens (including phenoxy) is 1. The third-order valence-electron chi connectivity index (χ3n) is 3.99. The summed E-state index contributed by atoms with van der Waals surface area (Å²) in [7, 11) is -1.23. The molecule has 0 aliphatic rings. The summed E-state index contributed by atoms with van der Waals surface area (Å²) in [5.41, 5.74) is 1.01. The summed E-state index contributed by atoms with van der Waals surface area (Å²) < 4.78 is 28.6. The van der Waals surface area contributed by atoms with Crippen LogP contribution in [0.3, 0.4) is 0 Å². The fourth-order valence-electron chi connectivity index (χ4n) is 2.30. The Balaban J connectivity index is 0.00000676. The molecule has 1 aromatic rings. The maximum atomic E-state index is 11.4. The Morgan fingerprint density at radius 2 is 1.96 bits per heavy atom. The van der Waals surface area contributed by atoms with Crippen LogP contribution >= 0.6 is 24.0 Å². The molecule has 1 aromatic carbocycles. The van der Waals surface area contributed by atoms with Crippen molar-refractivity contribution in [1.82, 2.24) is 10.6 Å². The number of rotatable bonds is 9. The van der Waals surface area contributed by atoms with Gasteiger partial charge in [-0.15, -0.1) is 24.0 Å². The molecule has 0 amide bonds. The average molecular weight is 511 g/mol. The summed E-state index contributed by atoms with van der Waals surface area (Å²) in [6, 6.07) is 7.96. The highest BCUT2D eigenvalue weighted by Gasteiger charge is 2.20. The van der Waals surface area contributed by atoms with Crippen LogP contribution in [0.2, 0.25) is 0 Å². The topological polar surface area (TPSA) is 79.8 Å². The highest BCUT2D eigenvalue weighted by atomic mass is 127. The van der Waals surface area contributed by atoms with Crippen LogP contribution < -0.4 is 15.4 Å². The van der Waals surface area contributed by atoms with Crippen molar-refractivity contribution in [2.45, 2.75) is 40.2 Å². The zero-order valence-corrected chi connectivity index (χ0v) is 20.4. The van der Waals surface area contributed by atoms with E-state index in [1.165, 1.54) is 6.26 Å². The third kappa shape index (κ3) is 12.1. The van der Waals surface area contributed by atoms with Crippen molar-refractivity contribution in [2.75, 3.05) is 32.1 Å². The number of halogens is 1. The van der Waals surface area contributed by atoms with Crippen LogP contribution in [-0.2, 0) is 9.84 Å². The van der Waals surface area contributed by atoms with Gasteiger partial charge in [-0.25, -0.2) is 8.42 Å². The third-order valence-corrected chi connectivity index (χ3v) is 4.94. The summed E-state index contributed by atoms with van der Waals surface area (Å²) in [6.45, 7) is 9.36. The molecule has 6 nitrogen and oxygen atoms in total. The monoisotopic (exact) mass is 511 g/mol. The first-order valence-corrected chi connectivity index (χ1v) is 10.9. The second-order valence-electron chi connectivity index (χ2n) is 7.60. The van der Waals surface area contributed by atoms with E-state index in [-0.39, 0.29) is 41.2 Å². The molecule has 0 aromatic heterocycles. The second kappa shape index (κ2) is 11.7. The largest absolute Gasteiger partial charge is 0.489 e. The molecule has 0 bridgehead atoms. The maximum absolute atomic E-state index is 11.4. The fourth-order valence-corrected chi connectivity index (χ4v) is 3.22. The Labute approximate surface area is 181 Å². The lowest BCUT2D eigenvalue weighted by Crippen LogP contribution is -2.45. The molecule has 8 heteroatoms. The molecule has 156 valence electrons. The smallest absolute Gasteiger partial charge is 0.191 e. The first-order chi connectivity index (χ1) is 12.0. The van der Waals surface area contributed by atoms with Crippen LogP contribution in [-0.4, -0.2) is 52.6 Å². The molecule has 0 aliphatic heterocycles. The first kappa shape index (κ1) is 26.0. The lowest BCUT2D eigenvalue weighted by molar-refractivity contribution is 0.223. The van der Waals surface area contributed by atoms with Gasteiger partial charge in [-0.3, -0.25) is 4.99 Å². The molecule has 0 heterocycles. The number of aliphatic imine (C=N–C) groups is 1. The number of aryl methyl sites for hydroxylation is 1. The van der Waals surface area contributed by atoms with E-state index >= 15 is 0 Å². The minimum atomic E-state index is -2.95. The van der Waals surface area contributed by atoms with Gasteiger partial charge in [0.1, 0.15) is 21.7 Å². The second-order valence-corrected chi connectivity index (χ2v) is 9.86. The van der Waals surface area contributed by atoms with Gasteiger partial charge in [0, 0.05) is 19.8 Å². The summed E-state index contributed by atoms with van der Waals surface area (Å²) in [4.78, 5) is 4.21. The van der Waals surface area contributed by atoms with Crippen molar-refractivity contribution < 1.29 is 13.2 Å². The van der Waals surface area contributed by atoms with Crippen molar-refractivity contribution in [2.24, 2.45) is 10.4 Å². The van der Waals surface area contributed by atoms with E-state index in [9.17, 15) is 8.42 Å². The lowest BCUT2D eigenvalue weighted by Gasteiger charge is -2.26. The van der Waals surface area contributed by atoms with Crippen LogP contribution in [0, 0.1) is 12.3 Å². The van der Waals surface area contributed by atoms with Gasteiger partial charge < -0.3 is 15.4 Å². The summed E-state index contributed by atoms with van der Waals surface area (Å²) in [5.74, 6) is 1.72. The van der Waals surface area contributed by atoms with E-state index in [4.69, 9.17) is 4.74 Å². The highest BCUT2D eigenvalue weighted by molar-refractivity contribution is 14.0. The van der Waals surface area contributed by atoms with E-state index < -0.39 is 9.84 Å². The zero-order valence-electron chi connectivity index (χ0n) is 17.2. The van der Waals surface area contributed by atoms with Crippen molar-refractivity contribution in [1.29, 1.82) is 0 Å². The normalized spacial score (nSPS) is 13.5. The van der Waals surface area contributed by atoms with E-state index in [0.717, 1.165) is 11.3 Å². The number of hydrogen-bond acceptors (Lipinski definition) is 4. The summed E-state index contributed by atoms with van der Waals surface area (Å²) >= 11 is 0. The van der Waals surface area contributed by atoms with Crippen LogP contribution in [0.15, 0.2) is 29.3 Å². The van der Waals surface area contributed by atoms with Crippen LogP contribution in [0.4, 0.5) is 0 Å². The molecule has 0 spiro atoms. The Kier molecular flexibility index (Phi) is 11.3. The quantitative estimate of drug-likeness (QED) is 0.303. The molecule has 0 saturated heterocycles. The van der Waals surface area contributed by atoms with E-state index in [1.54, 1.807) is 7.05 Å². The lowest BCUT2D eigenvalue weighted by atomic mass is 9.90. The molecule has 1 unspecified atom stereocenters. The molecular weight excluding hydrogens is 477 g/mol. The van der Waals surface area contributed by atoms with E-state index in [2.05, 4.69) is 15.6 Å². The van der Waals surface area contributed by atoms with Gasteiger partial charge in [0.15, 0.2) is 5.96 Å². The molecule has 1 atom stereocenters. The number of guanidine groups is 1. The van der Waals surface area contributed by atoms with Gasteiger partial charge in [-0.05, 0) is 43.4 Å². The van der Waals surface area contributed by atoms with Crippen molar-refractivity contribution >= 4 is 39.8 Å². The SMILES string of the molecule is CN=C(NCC(C)Oc1cccc(C)c1)NCC(C)(C)CCS(C)(=O)=O.I. The number of hydrogen-bond donors (Lipinski definition) is 2. The van der Waals surface area contributed by atoms with Crippen molar-refractivity contribution in [3.05, 3.63) is 29.8 Å². The number of sulfone groups is 1. The van der Waals surface area contributed by atoms with Gasteiger partial charge in [-0.1, -0.05) is 26.0 Å². The van der Waals surface area contributed by atoms with Crippen molar-refractivity contribution in [3.8, 4) is 5.75 Å². The average Bonchev–Trinajstić information content (AvgIpc) is 2.52. The van der Waals surface area contributed by atoms with Crippen LogP contribution in [0.25, 0.3) is 0 Å². The Hall–Kier alpha value is -1.03. The Morgan fingerprint density at radius 3 is 2.52 bits per heavy atom. The Bertz CT molecular complexity index is 706. The molecule has 0 radical (unpaired) electrons. The molecule has 0 fully saturated rings. The maximum Gasteiger partial charge on any atom is 0.191 e. The van der Waals surface area contributed by atoms with Crippen molar-refractivity contribution in [3.63, 3.8) is 0 Å². The van der Waals surface area contributed by atoms with Gasteiger partial charge in [-0.2, -0.15) is 0 Å². The number of nitrogens with one attached hydrogen (secondary N) is 2. The Morgan fingerprint density at radius 1 is 1.30 bits per heavy atom. The predicted octanol–water partition coefficient (Wildman–Crippen LogP) is 3.01. The zero-order chi connectivity index (χ0) is 19.8. The van der Waals surface area contributed by atoms with Gasteiger partial charge >= 0.3 is 0 Å². The van der Waals surface area contributed by atoms with Crippen LogP contribution in [0.5, 0.6) is 5.75 Å². The van der Waals surface area contributed by atoms with Crippen LogP contribution in [0.1, 0.15) is 32.8 Å². The molecule has 2 N–H and O–H groups in total. The molecule has 0 aliphatic carbocycles. The number of nitrogens with zero attached hydrogens (tertiary/aromatic N) is 1. The minimum absolute atomic E-state index is 0. The molecular formula is C19H34IN3O3S. The fraction of sp³-hybridized carbons (Fsp3) is 0.632. The van der Waals surface area contributed by atoms with Gasteiger partial charge in [0.05, 0.1) is 12.3 Å². The summed E-state index contributed by atoms with van der Waals surface area (Å²) in [6.07, 6.45) is 1.85. The van der Waals surface area contributed by atoms with Gasteiger partial charge in [0.2, 0.25) is 0 Å². The van der Waals surface area contributed by atoms with E-state index in [1.807, 2.05) is 52.0 Å². The summed E-state index contributed by atoms with van der Waals surface area (Å²) in [5, 5.41) is 6.51. The molecule has 0 saturated carbocycles. The minimum Gasteiger partial charge on any atom is -0.489 e. The molecule has 27 heavy (non-hydrogen) atoms. The first-order valence-electron chi connectivity index (χ1n) is 8.86.